The van der Waals surface area contributed by atoms with Gasteiger partial charge in [0, 0.05) is 18.7 Å². The van der Waals surface area contributed by atoms with Gasteiger partial charge in [-0.05, 0) is 6.42 Å². The molecule has 0 atom stereocenters. The highest BCUT2D eigenvalue weighted by molar-refractivity contribution is 7.99. The molecule has 1 aromatic heterocycles. The molecule has 0 aromatic carbocycles. The predicted octanol–water partition coefficient (Wildman–Crippen LogP) is 1.57. The van der Waals surface area contributed by atoms with Crippen LogP contribution in [-0.4, -0.2) is 26.3 Å². The number of aromatic nitrogens is 2. The number of carbonyl (C=O) groups excluding carboxylic acids is 1. The number of fused-ring (bicyclic) bond motifs is 1. The first-order valence-electron chi connectivity index (χ1n) is 6.40. The summed E-state index contributed by atoms with van der Waals surface area (Å²) in [4.78, 5) is 27.7. The van der Waals surface area contributed by atoms with E-state index in [1.165, 1.54) is 16.3 Å². The molecule has 7 heteroatoms. The summed E-state index contributed by atoms with van der Waals surface area (Å²) < 4.78 is 1.48. The number of anilines is 1. The maximum Gasteiger partial charge on any atom is 0.282 e. The molecule has 1 amide bonds. The van der Waals surface area contributed by atoms with Crippen LogP contribution in [0.25, 0.3) is 0 Å². The quantitative estimate of drug-likeness (QED) is 0.633. The summed E-state index contributed by atoms with van der Waals surface area (Å²) in [5.41, 5.74) is -0.482. The van der Waals surface area contributed by atoms with Crippen molar-refractivity contribution in [3.63, 3.8) is 0 Å². The normalized spacial score (nSPS) is 13.3. The number of carbonyl (C=O) groups is 1. The molecule has 2 heterocycles. The molecule has 0 aliphatic carbocycles. The number of rotatable bonds is 5. The lowest BCUT2D eigenvalue weighted by Gasteiger charge is -2.08. The van der Waals surface area contributed by atoms with Crippen LogP contribution >= 0.6 is 11.8 Å². The molecular formula is C12H17N3O3S. The lowest BCUT2D eigenvalue weighted by molar-refractivity contribution is -0.116. The fourth-order valence-corrected chi connectivity index (χ4v) is 2.84. The number of aromatic hydroxyl groups is 1. The van der Waals surface area contributed by atoms with Gasteiger partial charge in [-0.15, -0.1) is 0 Å². The van der Waals surface area contributed by atoms with E-state index < -0.39 is 5.88 Å². The van der Waals surface area contributed by atoms with Crippen LogP contribution < -0.4 is 10.9 Å². The van der Waals surface area contributed by atoms with Crippen molar-refractivity contribution in [2.75, 3.05) is 11.1 Å². The van der Waals surface area contributed by atoms with E-state index in [1.807, 2.05) is 0 Å². The van der Waals surface area contributed by atoms with E-state index in [-0.39, 0.29) is 17.2 Å². The molecule has 2 rings (SSSR count). The lowest BCUT2D eigenvalue weighted by atomic mass is 10.2. The van der Waals surface area contributed by atoms with Crippen LogP contribution in [0.4, 0.5) is 5.69 Å². The molecule has 0 unspecified atom stereocenters. The van der Waals surface area contributed by atoms with Crippen molar-refractivity contribution in [1.82, 2.24) is 9.55 Å². The first kappa shape index (κ1) is 13.9. The average molecular weight is 283 g/mol. The van der Waals surface area contributed by atoms with Gasteiger partial charge < -0.3 is 10.4 Å². The van der Waals surface area contributed by atoms with Crippen molar-refractivity contribution in [2.24, 2.45) is 0 Å². The van der Waals surface area contributed by atoms with Crippen LogP contribution in [0.1, 0.15) is 32.6 Å². The van der Waals surface area contributed by atoms with Crippen molar-refractivity contribution in [3.05, 3.63) is 10.4 Å². The SMILES string of the molecule is CCCCCC(=O)Nc1c(O)nc2n(c1=O)CCS2. The summed E-state index contributed by atoms with van der Waals surface area (Å²) in [6.07, 6.45) is 3.12. The molecule has 6 nitrogen and oxygen atoms in total. The van der Waals surface area contributed by atoms with E-state index >= 15 is 0 Å². The monoisotopic (exact) mass is 283 g/mol. The summed E-state index contributed by atoms with van der Waals surface area (Å²) in [6.45, 7) is 2.61. The Morgan fingerprint density at radius 1 is 1.53 bits per heavy atom. The molecule has 1 aliphatic heterocycles. The van der Waals surface area contributed by atoms with Gasteiger partial charge in [-0.1, -0.05) is 31.5 Å². The summed E-state index contributed by atoms with van der Waals surface area (Å²) in [6, 6.07) is 0. The van der Waals surface area contributed by atoms with Crippen LogP contribution in [0.5, 0.6) is 5.88 Å². The largest absolute Gasteiger partial charge is 0.492 e. The number of hydrogen-bond acceptors (Lipinski definition) is 5. The summed E-state index contributed by atoms with van der Waals surface area (Å²) >= 11 is 1.42. The van der Waals surface area contributed by atoms with E-state index in [4.69, 9.17) is 0 Å². The maximum atomic E-state index is 12.1. The second-order valence-electron chi connectivity index (χ2n) is 4.40. The molecule has 0 radical (unpaired) electrons. The first-order valence-corrected chi connectivity index (χ1v) is 7.38. The Bertz CT molecular complexity index is 542. The molecule has 19 heavy (non-hydrogen) atoms. The van der Waals surface area contributed by atoms with Crippen molar-refractivity contribution in [2.45, 2.75) is 44.3 Å². The van der Waals surface area contributed by atoms with Crippen LogP contribution in [0, 0.1) is 0 Å². The third-order valence-corrected chi connectivity index (χ3v) is 3.89. The average Bonchev–Trinajstić information content (AvgIpc) is 2.83. The second kappa shape index (κ2) is 6.10. The molecule has 0 spiro atoms. The molecule has 104 valence electrons. The van der Waals surface area contributed by atoms with Crippen molar-refractivity contribution in [1.29, 1.82) is 0 Å². The smallest absolute Gasteiger partial charge is 0.282 e. The van der Waals surface area contributed by atoms with Gasteiger partial charge in [0.05, 0.1) is 0 Å². The summed E-state index contributed by atoms with van der Waals surface area (Å²) in [7, 11) is 0. The van der Waals surface area contributed by atoms with Crippen LogP contribution in [0.3, 0.4) is 0 Å². The minimum absolute atomic E-state index is 0.104. The van der Waals surface area contributed by atoms with Gasteiger partial charge in [0.1, 0.15) is 0 Å². The van der Waals surface area contributed by atoms with E-state index in [0.717, 1.165) is 25.0 Å². The Kier molecular flexibility index (Phi) is 4.47. The van der Waals surface area contributed by atoms with Gasteiger partial charge >= 0.3 is 0 Å². The van der Waals surface area contributed by atoms with Crippen LogP contribution in [0.15, 0.2) is 9.95 Å². The number of thioether (sulfide) groups is 1. The summed E-state index contributed by atoms with van der Waals surface area (Å²) in [5, 5.41) is 12.7. The Morgan fingerprint density at radius 2 is 2.32 bits per heavy atom. The number of hydrogen-bond donors (Lipinski definition) is 2. The van der Waals surface area contributed by atoms with Gasteiger partial charge in [-0.25, -0.2) is 0 Å². The molecule has 0 bridgehead atoms. The van der Waals surface area contributed by atoms with Gasteiger partial charge in [-0.3, -0.25) is 14.2 Å². The Morgan fingerprint density at radius 3 is 3.05 bits per heavy atom. The van der Waals surface area contributed by atoms with Gasteiger partial charge in [-0.2, -0.15) is 4.98 Å². The van der Waals surface area contributed by atoms with Gasteiger partial charge in [0.2, 0.25) is 11.8 Å². The van der Waals surface area contributed by atoms with Crippen LogP contribution in [0.2, 0.25) is 0 Å². The lowest BCUT2D eigenvalue weighted by Crippen LogP contribution is -2.26. The molecule has 1 aliphatic rings. The molecule has 0 saturated carbocycles. The highest BCUT2D eigenvalue weighted by Crippen LogP contribution is 2.26. The van der Waals surface area contributed by atoms with E-state index in [0.29, 0.717) is 18.1 Å². The Balaban J connectivity index is 2.13. The highest BCUT2D eigenvalue weighted by atomic mass is 32.2. The van der Waals surface area contributed by atoms with Gasteiger partial charge in [0.15, 0.2) is 10.8 Å². The Hall–Kier alpha value is -1.50. The molecule has 0 saturated heterocycles. The zero-order valence-corrected chi connectivity index (χ0v) is 11.6. The maximum absolute atomic E-state index is 12.1. The second-order valence-corrected chi connectivity index (χ2v) is 5.47. The number of nitrogens with zero attached hydrogens (tertiary/aromatic N) is 2. The fourth-order valence-electron chi connectivity index (χ4n) is 1.91. The standard InChI is InChI=1S/C12H17N3O3S/c1-2-3-4-5-8(16)13-9-10(17)14-12-15(11(9)18)6-7-19-12/h17H,2-7H2,1H3,(H,13,16). The highest BCUT2D eigenvalue weighted by Gasteiger charge is 2.21. The Labute approximate surface area is 115 Å². The molecule has 0 fully saturated rings. The van der Waals surface area contributed by atoms with Crippen molar-refractivity contribution >= 4 is 23.4 Å². The first-order chi connectivity index (χ1) is 9.13. The van der Waals surface area contributed by atoms with Crippen molar-refractivity contribution < 1.29 is 9.90 Å². The number of nitrogens with one attached hydrogen (secondary N) is 1. The minimum Gasteiger partial charge on any atom is -0.492 e. The summed E-state index contributed by atoms with van der Waals surface area (Å²) in [5.74, 6) is 0.110. The fraction of sp³-hybridized carbons (Fsp3) is 0.583. The number of amides is 1. The molecular weight excluding hydrogens is 266 g/mol. The number of unbranched alkanes of at least 4 members (excludes halogenated alkanes) is 2. The topological polar surface area (TPSA) is 84.2 Å². The molecule has 1 aromatic rings. The predicted molar refractivity (Wildman–Crippen MR) is 73.7 cm³/mol. The van der Waals surface area contributed by atoms with E-state index in [9.17, 15) is 14.7 Å². The van der Waals surface area contributed by atoms with Crippen LogP contribution in [-0.2, 0) is 11.3 Å². The zero-order valence-electron chi connectivity index (χ0n) is 10.8. The third kappa shape index (κ3) is 3.09. The van der Waals surface area contributed by atoms with Crippen molar-refractivity contribution in [3.8, 4) is 5.88 Å². The minimum atomic E-state index is -0.394. The third-order valence-electron chi connectivity index (χ3n) is 2.93. The zero-order chi connectivity index (χ0) is 13.8. The molecule has 2 N–H and O–H groups in total. The van der Waals surface area contributed by atoms with Gasteiger partial charge in [0.25, 0.3) is 5.56 Å². The van der Waals surface area contributed by atoms with E-state index in [2.05, 4.69) is 17.2 Å². The van der Waals surface area contributed by atoms with E-state index in [1.54, 1.807) is 0 Å².